The molecule has 4 heteroatoms. The van der Waals surface area contributed by atoms with Gasteiger partial charge in [-0.1, -0.05) is 25.4 Å². The molecule has 19 heavy (non-hydrogen) atoms. The van der Waals surface area contributed by atoms with E-state index in [0.29, 0.717) is 12.0 Å². The number of piperidine rings is 1. The fourth-order valence-electron chi connectivity index (χ4n) is 2.69. The maximum absolute atomic E-state index is 13.5. The van der Waals surface area contributed by atoms with Gasteiger partial charge in [-0.05, 0) is 43.5 Å². The lowest BCUT2D eigenvalue weighted by atomic mass is 9.93. The minimum atomic E-state index is -0.335. The minimum Gasteiger partial charge on any atom is -0.371 e. The van der Waals surface area contributed by atoms with Crippen LogP contribution in [-0.4, -0.2) is 25.7 Å². The second kappa shape index (κ2) is 6.58. The minimum absolute atomic E-state index is 0.191. The molecule has 1 aromatic carbocycles. The van der Waals surface area contributed by atoms with E-state index in [1.165, 1.54) is 6.07 Å². The van der Waals surface area contributed by atoms with Gasteiger partial charge in [-0.3, -0.25) is 0 Å². The van der Waals surface area contributed by atoms with Gasteiger partial charge in [0, 0.05) is 24.8 Å². The molecule has 2 atom stereocenters. The van der Waals surface area contributed by atoms with Crippen molar-refractivity contribution < 1.29 is 4.39 Å². The molecule has 0 amide bonds. The molecular formula is C15H22ClFN2. The van der Waals surface area contributed by atoms with Crippen molar-refractivity contribution in [1.82, 2.24) is 5.32 Å². The van der Waals surface area contributed by atoms with E-state index < -0.39 is 0 Å². The van der Waals surface area contributed by atoms with Crippen LogP contribution in [0.1, 0.15) is 26.7 Å². The second-order valence-electron chi connectivity index (χ2n) is 5.37. The largest absolute Gasteiger partial charge is 0.371 e. The average molecular weight is 285 g/mol. The third-order valence-electron chi connectivity index (χ3n) is 3.83. The van der Waals surface area contributed by atoms with Gasteiger partial charge in [-0.25, -0.2) is 4.39 Å². The summed E-state index contributed by atoms with van der Waals surface area (Å²) in [6, 6.07) is 5.65. The maximum Gasteiger partial charge on any atom is 0.143 e. The van der Waals surface area contributed by atoms with Gasteiger partial charge in [0.15, 0.2) is 0 Å². The van der Waals surface area contributed by atoms with E-state index in [-0.39, 0.29) is 10.8 Å². The van der Waals surface area contributed by atoms with Gasteiger partial charge in [0.05, 0.1) is 5.02 Å². The highest BCUT2D eigenvalue weighted by atomic mass is 35.5. The molecule has 0 saturated carbocycles. The molecule has 1 aliphatic heterocycles. The van der Waals surface area contributed by atoms with E-state index in [1.54, 1.807) is 6.07 Å². The normalized spacial score (nSPS) is 23.7. The van der Waals surface area contributed by atoms with Crippen LogP contribution in [0.5, 0.6) is 0 Å². The predicted octanol–water partition coefficient (Wildman–Crippen LogP) is 3.69. The van der Waals surface area contributed by atoms with E-state index in [9.17, 15) is 4.39 Å². The Labute approximate surface area is 119 Å². The number of nitrogens with zero attached hydrogens (tertiary/aromatic N) is 1. The molecule has 2 unspecified atom stereocenters. The van der Waals surface area contributed by atoms with Gasteiger partial charge < -0.3 is 10.2 Å². The summed E-state index contributed by atoms with van der Waals surface area (Å²) in [6.45, 7) is 7.44. The van der Waals surface area contributed by atoms with Crippen LogP contribution < -0.4 is 10.2 Å². The van der Waals surface area contributed by atoms with E-state index in [4.69, 9.17) is 11.6 Å². The van der Waals surface area contributed by atoms with Crippen molar-refractivity contribution in [2.75, 3.05) is 24.5 Å². The zero-order valence-electron chi connectivity index (χ0n) is 11.6. The number of rotatable bonds is 4. The van der Waals surface area contributed by atoms with Crippen LogP contribution in [0, 0.1) is 11.7 Å². The van der Waals surface area contributed by atoms with Gasteiger partial charge in [0.1, 0.15) is 5.82 Å². The molecule has 1 saturated heterocycles. The van der Waals surface area contributed by atoms with Crippen molar-refractivity contribution in [2.24, 2.45) is 5.92 Å². The quantitative estimate of drug-likeness (QED) is 0.907. The number of hydrogen-bond acceptors (Lipinski definition) is 2. The smallest absolute Gasteiger partial charge is 0.143 e. The molecule has 0 aromatic heterocycles. The lowest BCUT2D eigenvalue weighted by molar-refractivity contribution is 0.322. The summed E-state index contributed by atoms with van der Waals surface area (Å²) in [5, 5.41) is 3.78. The molecule has 2 rings (SSSR count). The SMILES string of the molecule is CCCNC1CCN(c2ccc(Cl)c(F)c2)CC1C. The molecular weight excluding hydrogens is 263 g/mol. The Hall–Kier alpha value is -0.800. The molecule has 0 aliphatic carbocycles. The average Bonchev–Trinajstić information content (AvgIpc) is 2.40. The molecule has 0 bridgehead atoms. The van der Waals surface area contributed by atoms with E-state index in [1.807, 2.05) is 6.07 Å². The third-order valence-corrected chi connectivity index (χ3v) is 4.14. The van der Waals surface area contributed by atoms with Crippen LogP contribution in [0.3, 0.4) is 0 Å². The fourth-order valence-corrected chi connectivity index (χ4v) is 2.81. The molecule has 0 spiro atoms. The summed E-state index contributed by atoms with van der Waals surface area (Å²) in [5.74, 6) is 0.233. The zero-order chi connectivity index (χ0) is 13.8. The number of hydrogen-bond donors (Lipinski definition) is 1. The first-order valence-electron chi connectivity index (χ1n) is 7.05. The molecule has 0 radical (unpaired) electrons. The Bertz CT molecular complexity index is 425. The van der Waals surface area contributed by atoms with Crippen molar-refractivity contribution in [2.45, 2.75) is 32.7 Å². The summed E-state index contributed by atoms with van der Waals surface area (Å²) < 4.78 is 13.5. The molecule has 106 valence electrons. The first-order chi connectivity index (χ1) is 9.11. The van der Waals surface area contributed by atoms with E-state index >= 15 is 0 Å². The summed E-state index contributed by atoms with van der Waals surface area (Å²) in [7, 11) is 0. The molecule has 1 heterocycles. The van der Waals surface area contributed by atoms with Crippen LogP contribution in [0.2, 0.25) is 5.02 Å². The van der Waals surface area contributed by atoms with Crippen LogP contribution in [0.4, 0.5) is 10.1 Å². The van der Waals surface area contributed by atoms with Gasteiger partial charge in [-0.15, -0.1) is 0 Å². The molecule has 1 N–H and O–H groups in total. The van der Waals surface area contributed by atoms with Gasteiger partial charge in [0.2, 0.25) is 0 Å². The van der Waals surface area contributed by atoms with Crippen molar-refractivity contribution in [3.63, 3.8) is 0 Å². The van der Waals surface area contributed by atoms with Gasteiger partial charge in [0.25, 0.3) is 0 Å². The molecule has 1 fully saturated rings. The lowest BCUT2D eigenvalue weighted by Gasteiger charge is -2.38. The first kappa shape index (κ1) is 14.6. The molecule has 1 aliphatic rings. The lowest BCUT2D eigenvalue weighted by Crippen LogP contribution is -2.48. The highest BCUT2D eigenvalue weighted by Gasteiger charge is 2.25. The van der Waals surface area contributed by atoms with Crippen LogP contribution in [0.25, 0.3) is 0 Å². The Morgan fingerprint density at radius 3 is 2.89 bits per heavy atom. The predicted molar refractivity (Wildman–Crippen MR) is 79.5 cm³/mol. The topological polar surface area (TPSA) is 15.3 Å². The fraction of sp³-hybridized carbons (Fsp3) is 0.600. The van der Waals surface area contributed by atoms with Gasteiger partial charge >= 0.3 is 0 Å². The number of nitrogens with one attached hydrogen (secondary N) is 1. The van der Waals surface area contributed by atoms with E-state index in [2.05, 4.69) is 24.1 Å². The first-order valence-corrected chi connectivity index (χ1v) is 7.43. The maximum atomic E-state index is 13.5. The Morgan fingerprint density at radius 2 is 2.26 bits per heavy atom. The van der Waals surface area contributed by atoms with Gasteiger partial charge in [-0.2, -0.15) is 0 Å². The van der Waals surface area contributed by atoms with Crippen molar-refractivity contribution in [3.05, 3.63) is 29.0 Å². The highest BCUT2D eigenvalue weighted by Crippen LogP contribution is 2.26. The van der Waals surface area contributed by atoms with Crippen molar-refractivity contribution >= 4 is 17.3 Å². The number of anilines is 1. The summed E-state index contributed by atoms with van der Waals surface area (Å²) in [5.41, 5.74) is 0.933. The Morgan fingerprint density at radius 1 is 1.47 bits per heavy atom. The second-order valence-corrected chi connectivity index (χ2v) is 5.78. The van der Waals surface area contributed by atoms with Crippen LogP contribution in [0.15, 0.2) is 18.2 Å². The zero-order valence-corrected chi connectivity index (χ0v) is 12.4. The number of halogens is 2. The molecule has 2 nitrogen and oxygen atoms in total. The standard InChI is InChI=1S/C15H22ClFN2/c1-3-7-18-15-6-8-19(10-11(15)2)12-4-5-13(16)14(17)9-12/h4-5,9,11,15,18H,3,6-8,10H2,1-2H3. The van der Waals surface area contributed by atoms with E-state index in [0.717, 1.165) is 38.2 Å². The highest BCUT2D eigenvalue weighted by molar-refractivity contribution is 6.30. The third kappa shape index (κ3) is 3.61. The summed E-state index contributed by atoms with van der Waals surface area (Å²) in [6.07, 6.45) is 2.26. The summed E-state index contributed by atoms with van der Waals surface area (Å²) >= 11 is 5.73. The van der Waals surface area contributed by atoms with Crippen LogP contribution >= 0.6 is 11.6 Å². The Balaban J connectivity index is 1.99. The van der Waals surface area contributed by atoms with Crippen LogP contribution in [-0.2, 0) is 0 Å². The monoisotopic (exact) mass is 284 g/mol. The van der Waals surface area contributed by atoms with Crippen molar-refractivity contribution in [3.8, 4) is 0 Å². The molecule has 1 aromatic rings. The number of benzene rings is 1. The summed E-state index contributed by atoms with van der Waals surface area (Å²) in [4.78, 5) is 2.24. The Kier molecular flexibility index (Phi) is 5.06. The van der Waals surface area contributed by atoms with Crippen molar-refractivity contribution in [1.29, 1.82) is 0 Å².